The Hall–Kier alpha value is 0.270. The fraction of sp³-hybridized carbons (Fsp3) is 1.00. The molecule has 0 bridgehead atoms. The predicted octanol–water partition coefficient (Wildman–Crippen LogP) is 1.47. The molecular formula is C10H22N2S. The summed E-state index contributed by atoms with van der Waals surface area (Å²) in [6, 6.07) is 0.695. The first-order chi connectivity index (χ1) is 6.14. The minimum Gasteiger partial charge on any atom is -0.315 e. The first kappa shape index (κ1) is 11.3. The van der Waals surface area contributed by atoms with Gasteiger partial charge in [0.15, 0.2) is 0 Å². The maximum Gasteiger partial charge on any atom is 0.0225 e. The van der Waals surface area contributed by atoms with Gasteiger partial charge in [0.05, 0.1) is 0 Å². The van der Waals surface area contributed by atoms with Gasteiger partial charge < -0.3 is 10.6 Å². The molecule has 1 aliphatic rings. The molecule has 1 fully saturated rings. The average Bonchev–Trinajstić information content (AvgIpc) is 2.17. The number of nitrogens with one attached hydrogen (secondary N) is 2. The minimum absolute atomic E-state index is 0.372. The maximum atomic E-state index is 3.63. The van der Waals surface area contributed by atoms with Crippen molar-refractivity contribution < 1.29 is 0 Å². The van der Waals surface area contributed by atoms with E-state index >= 15 is 0 Å². The molecule has 13 heavy (non-hydrogen) atoms. The lowest BCUT2D eigenvalue weighted by Crippen LogP contribution is -2.46. The van der Waals surface area contributed by atoms with Crippen LogP contribution >= 0.6 is 11.8 Å². The summed E-state index contributed by atoms with van der Waals surface area (Å²) in [6.07, 6.45) is 4.83. The van der Waals surface area contributed by atoms with Gasteiger partial charge in [-0.05, 0) is 39.5 Å². The van der Waals surface area contributed by atoms with E-state index in [4.69, 9.17) is 0 Å². The van der Waals surface area contributed by atoms with Gasteiger partial charge in [0.25, 0.3) is 0 Å². The van der Waals surface area contributed by atoms with Crippen LogP contribution in [0.2, 0.25) is 0 Å². The van der Waals surface area contributed by atoms with Crippen molar-refractivity contribution in [3.8, 4) is 0 Å². The van der Waals surface area contributed by atoms with Crippen LogP contribution in [-0.2, 0) is 0 Å². The summed E-state index contributed by atoms with van der Waals surface area (Å²) in [5.74, 6) is 0. The molecule has 0 radical (unpaired) electrons. The second-order valence-corrected chi connectivity index (χ2v) is 5.90. The molecule has 1 atom stereocenters. The minimum atomic E-state index is 0.372. The molecule has 2 nitrogen and oxygen atoms in total. The highest BCUT2D eigenvalue weighted by Gasteiger charge is 2.19. The van der Waals surface area contributed by atoms with E-state index in [1.54, 1.807) is 0 Å². The van der Waals surface area contributed by atoms with Gasteiger partial charge in [-0.1, -0.05) is 0 Å². The van der Waals surface area contributed by atoms with E-state index in [1.165, 1.54) is 19.4 Å². The Bertz CT molecular complexity index is 142. The fourth-order valence-electron chi connectivity index (χ4n) is 1.49. The van der Waals surface area contributed by atoms with Gasteiger partial charge in [0.1, 0.15) is 0 Å². The maximum absolute atomic E-state index is 3.63. The van der Waals surface area contributed by atoms with Crippen LogP contribution < -0.4 is 10.6 Å². The molecule has 0 amide bonds. The van der Waals surface area contributed by atoms with Crippen molar-refractivity contribution in [1.29, 1.82) is 0 Å². The van der Waals surface area contributed by atoms with Gasteiger partial charge in [-0.25, -0.2) is 0 Å². The SMILES string of the molecule is CSC(C)(C)CNC1CCCNC1. The molecule has 1 heterocycles. The normalized spacial score (nSPS) is 24.7. The second-order valence-electron chi connectivity index (χ2n) is 4.39. The molecular weight excluding hydrogens is 180 g/mol. The van der Waals surface area contributed by atoms with E-state index in [0.717, 1.165) is 13.1 Å². The molecule has 0 aliphatic carbocycles. The van der Waals surface area contributed by atoms with Crippen LogP contribution in [0.4, 0.5) is 0 Å². The third kappa shape index (κ3) is 4.34. The summed E-state index contributed by atoms with van der Waals surface area (Å²) >= 11 is 1.93. The van der Waals surface area contributed by atoms with E-state index in [2.05, 4.69) is 30.7 Å². The smallest absolute Gasteiger partial charge is 0.0225 e. The lowest BCUT2D eigenvalue weighted by molar-refractivity contribution is 0.380. The number of piperidine rings is 1. The summed E-state index contributed by atoms with van der Waals surface area (Å²) < 4.78 is 0.372. The Kier molecular flexibility index (Phi) is 4.56. The van der Waals surface area contributed by atoms with E-state index in [-0.39, 0.29) is 0 Å². The van der Waals surface area contributed by atoms with E-state index in [1.807, 2.05) is 11.8 Å². The zero-order chi connectivity index (χ0) is 9.73. The highest BCUT2D eigenvalue weighted by atomic mass is 32.2. The molecule has 2 N–H and O–H groups in total. The van der Waals surface area contributed by atoms with E-state index in [0.29, 0.717) is 10.8 Å². The monoisotopic (exact) mass is 202 g/mol. The molecule has 1 saturated heterocycles. The van der Waals surface area contributed by atoms with Crippen LogP contribution in [0.25, 0.3) is 0 Å². The van der Waals surface area contributed by atoms with Crippen molar-refractivity contribution in [2.24, 2.45) is 0 Å². The summed E-state index contributed by atoms with van der Waals surface area (Å²) in [7, 11) is 0. The molecule has 1 unspecified atom stereocenters. The first-order valence-corrected chi connectivity index (χ1v) is 6.36. The number of thioether (sulfide) groups is 1. The van der Waals surface area contributed by atoms with Crippen LogP contribution in [0.15, 0.2) is 0 Å². The van der Waals surface area contributed by atoms with E-state index in [9.17, 15) is 0 Å². The average molecular weight is 202 g/mol. The zero-order valence-electron chi connectivity index (χ0n) is 9.02. The standard InChI is InChI=1S/C10H22N2S/c1-10(2,13-3)8-12-9-5-4-6-11-7-9/h9,11-12H,4-8H2,1-3H3. The first-order valence-electron chi connectivity index (χ1n) is 5.13. The lowest BCUT2D eigenvalue weighted by Gasteiger charge is -2.29. The lowest BCUT2D eigenvalue weighted by atomic mass is 10.1. The van der Waals surface area contributed by atoms with Gasteiger partial charge in [-0.2, -0.15) is 11.8 Å². The molecule has 0 aromatic heterocycles. The van der Waals surface area contributed by atoms with Crippen molar-refractivity contribution in [2.45, 2.75) is 37.5 Å². The molecule has 1 rings (SSSR count). The van der Waals surface area contributed by atoms with Crippen molar-refractivity contribution in [3.63, 3.8) is 0 Å². The van der Waals surface area contributed by atoms with Gasteiger partial charge in [0.2, 0.25) is 0 Å². The summed E-state index contributed by atoms with van der Waals surface area (Å²) in [5.41, 5.74) is 0. The fourth-order valence-corrected chi connectivity index (χ4v) is 1.72. The second kappa shape index (κ2) is 5.23. The topological polar surface area (TPSA) is 24.1 Å². The summed E-state index contributed by atoms with van der Waals surface area (Å²) in [5, 5.41) is 7.05. The van der Waals surface area contributed by atoms with Crippen LogP contribution in [0, 0.1) is 0 Å². The third-order valence-corrected chi connectivity index (χ3v) is 3.92. The highest BCUT2D eigenvalue weighted by molar-refractivity contribution is 7.99. The third-order valence-electron chi connectivity index (χ3n) is 2.67. The predicted molar refractivity (Wildman–Crippen MR) is 61.5 cm³/mol. The Morgan fingerprint density at radius 3 is 2.85 bits per heavy atom. The largest absolute Gasteiger partial charge is 0.315 e. The Morgan fingerprint density at radius 1 is 1.54 bits per heavy atom. The zero-order valence-corrected chi connectivity index (χ0v) is 9.84. The molecule has 0 aromatic rings. The number of rotatable bonds is 4. The van der Waals surface area contributed by atoms with Gasteiger partial charge in [-0.3, -0.25) is 0 Å². The van der Waals surface area contributed by atoms with Crippen LogP contribution in [-0.4, -0.2) is 36.7 Å². The quantitative estimate of drug-likeness (QED) is 0.722. The van der Waals surface area contributed by atoms with Gasteiger partial charge in [-0.15, -0.1) is 0 Å². The van der Waals surface area contributed by atoms with Crippen molar-refractivity contribution in [2.75, 3.05) is 25.9 Å². The Morgan fingerprint density at radius 2 is 2.31 bits per heavy atom. The summed E-state index contributed by atoms with van der Waals surface area (Å²) in [4.78, 5) is 0. The van der Waals surface area contributed by atoms with Crippen LogP contribution in [0.1, 0.15) is 26.7 Å². The molecule has 0 spiro atoms. The van der Waals surface area contributed by atoms with Crippen molar-refractivity contribution in [1.82, 2.24) is 10.6 Å². The molecule has 78 valence electrons. The van der Waals surface area contributed by atoms with Crippen LogP contribution in [0.3, 0.4) is 0 Å². The highest BCUT2D eigenvalue weighted by Crippen LogP contribution is 2.20. The molecule has 0 aromatic carbocycles. The number of hydrogen-bond acceptors (Lipinski definition) is 3. The summed E-state index contributed by atoms with van der Waals surface area (Å²) in [6.45, 7) is 8.04. The Labute approximate surface area is 86.2 Å². The molecule has 0 saturated carbocycles. The molecule has 3 heteroatoms. The van der Waals surface area contributed by atoms with Crippen molar-refractivity contribution in [3.05, 3.63) is 0 Å². The van der Waals surface area contributed by atoms with Crippen molar-refractivity contribution >= 4 is 11.8 Å². The van der Waals surface area contributed by atoms with E-state index < -0.39 is 0 Å². The Balaban J connectivity index is 2.17. The van der Waals surface area contributed by atoms with Gasteiger partial charge in [0, 0.05) is 23.9 Å². The number of hydrogen-bond donors (Lipinski definition) is 2. The molecule has 1 aliphatic heterocycles. The van der Waals surface area contributed by atoms with Gasteiger partial charge >= 0.3 is 0 Å². The van der Waals surface area contributed by atoms with Crippen LogP contribution in [0.5, 0.6) is 0 Å².